The summed E-state index contributed by atoms with van der Waals surface area (Å²) in [5.74, 6) is -0.595. The van der Waals surface area contributed by atoms with E-state index in [2.05, 4.69) is 9.97 Å². The molecule has 4 rings (SSSR count). The molecule has 1 amide bonds. The molecule has 8 nitrogen and oxygen atoms in total. The summed E-state index contributed by atoms with van der Waals surface area (Å²) in [5.41, 5.74) is 0.945. The Morgan fingerprint density at radius 1 is 1.00 bits per heavy atom. The van der Waals surface area contributed by atoms with Gasteiger partial charge < -0.3 is 14.6 Å². The van der Waals surface area contributed by atoms with Crippen LogP contribution in [0.15, 0.2) is 72.6 Å². The van der Waals surface area contributed by atoms with Crippen molar-refractivity contribution in [3.8, 4) is 11.5 Å². The zero-order chi connectivity index (χ0) is 22.7. The molecule has 0 radical (unpaired) electrons. The first-order valence-electron chi connectivity index (χ1n) is 10.00. The van der Waals surface area contributed by atoms with E-state index in [1.165, 1.54) is 24.4 Å². The van der Waals surface area contributed by atoms with Gasteiger partial charge in [-0.3, -0.25) is 14.5 Å². The molecule has 1 atom stereocenters. The third-order valence-electron chi connectivity index (χ3n) is 5.08. The number of rotatable bonds is 6. The van der Waals surface area contributed by atoms with Gasteiger partial charge in [-0.2, -0.15) is 0 Å². The second-order valence-electron chi connectivity index (χ2n) is 6.95. The number of carbonyl (C=O) groups excluding carboxylic acids is 2. The van der Waals surface area contributed by atoms with Crippen LogP contribution in [0, 0.1) is 0 Å². The standard InChI is InChI=1S/C24H21N3O5/c1-3-32-18-11-5-15(6-12-18)20-19(21(28)16-7-9-17(31-2)10-8-16)22(29)23(30)27(20)24-25-13-4-14-26-24/h4-14,20,28H,3H2,1-2H3/b21-19-. The first-order chi connectivity index (χ1) is 15.5. The van der Waals surface area contributed by atoms with Gasteiger partial charge in [-0.15, -0.1) is 0 Å². The highest BCUT2D eigenvalue weighted by atomic mass is 16.5. The van der Waals surface area contributed by atoms with Gasteiger partial charge in [0.15, 0.2) is 0 Å². The van der Waals surface area contributed by atoms with Gasteiger partial charge in [0.05, 0.1) is 25.3 Å². The Morgan fingerprint density at radius 3 is 2.22 bits per heavy atom. The number of anilines is 1. The summed E-state index contributed by atoms with van der Waals surface area (Å²) in [6, 6.07) is 14.3. The number of ketones is 1. The van der Waals surface area contributed by atoms with E-state index >= 15 is 0 Å². The minimum absolute atomic E-state index is 0.0446. The van der Waals surface area contributed by atoms with Gasteiger partial charge in [0.2, 0.25) is 5.95 Å². The maximum atomic E-state index is 13.1. The van der Waals surface area contributed by atoms with Crippen LogP contribution in [0.4, 0.5) is 5.95 Å². The van der Waals surface area contributed by atoms with E-state index in [0.29, 0.717) is 29.2 Å². The van der Waals surface area contributed by atoms with E-state index < -0.39 is 17.7 Å². The average molecular weight is 431 g/mol. The van der Waals surface area contributed by atoms with Gasteiger partial charge in [-0.1, -0.05) is 12.1 Å². The monoisotopic (exact) mass is 431 g/mol. The van der Waals surface area contributed by atoms with Crippen molar-refractivity contribution in [1.82, 2.24) is 9.97 Å². The summed E-state index contributed by atoms with van der Waals surface area (Å²) in [6.07, 6.45) is 2.97. The predicted octanol–water partition coefficient (Wildman–Crippen LogP) is 3.51. The van der Waals surface area contributed by atoms with E-state index in [4.69, 9.17) is 9.47 Å². The lowest BCUT2D eigenvalue weighted by Crippen LogP contribution is -2.31. The van der Waals surface area contributed by atoms with Gasteiger partial charge in [0, 0.05) is 18.0 Å². The fraction of sp³-hybridized carbons (Fsp3) is 0.167. The molecule has 0 aliphatic carbocycles. The number of amides is 1. The maximum absolute atomic E-state index is 13.1. The molecular weight excluding hydrogens is 410 g/mol. The number of carbonyl (C=O) groups is 2. The Bertz CT molecular complexity index is 1160. The molecule has 1 N–H and O–H groups in total. The molecule has 8 heteroatoms. The molecule has 0 bridgehead atoms. The second-order valence-corrected chi connectivity index (χ2v) is 6.95. The number of aliphatic hydroxyl groups excluding tert-OH is 1. The quantitative estimate of drug-likeness (QED) is 0.362. The Labute approximate surface area is 184 Å². The van der Waals surface area contributed by atoms with Crippen molar-refractivity contribution < 1.29 is 24.2 Å². The molecule has 1 aliphatic rings. The molecule has 1 fully saturated rings. The fourth-order valence-corrected chi connectivity index (χ4v) is 3.59. The number of hydrogen-bond donors (Lipinski definition) is 1. The number of aromatic nitrogens is 2. The van der Waals surface area contributed by atoms with Gasteiger partial charge in [-0.05, 0) is 55.0 Å². The minimum atomic E-state index is -0.907. The molecule has 1 aromatic heterocycles. The lowest BCUT2D eigenvalue weighted by Gasteiger charge is -2.23. The van der Waals surface area contributed by atoms with Crippen molar-refractivity contribution >= 4 is 23.4 Å². The lowest BCUT2D eigenvalue weighted by atomic mass is 9.95. The molecule has 1 unspecified atom stereocenters. The predicted molar refractivity (Wildman–Crippen MR) is 117 cm³/mol. The van der Waals surface area contributed by atoms with Crippen LogP contribution in [0.25, 0.3) is 5.76 Å². The third-order valence-corrected chi connectivity index (χ3v) is 5.08. The first kappa shape index (κ1) is 21.0. The number of nitrogens with zero attached hydrogens (tertiary/aromatic N) is 3. The molecule has 1 saturated heterocycles. The molecule has 2 heterocycles. The van der Waals surface area contributed by atoms with Crippen LogP contribution < -0.4 is 14.4 Å². The van der Waals surface area contributed by atoms with Crippen LogP contribution in [0.5, 0.6) is 11.5 Å². The van der Waals surface area contributed by atoms with Crippen molar-refractivity contribution in [2.24, 2.45) is 0 Å². The smallest absolute Gasteiger partial charge is 0.302 e. The van der Waals surface area contributed by atoms with Crippen LogP contribution in [-0.4, -0.2) is 40.5 Å². The highest BCUT2D eigenvalue weighted by Gasteiger charge is 2.48. The maximum Gasteiger partial charge on any atom is 0.302 e. The normalized spacial score (nSPS) is 17.4. The van der Waals surface area contributed by atoms with E-state index in [9.17, 15) is 14.7 Å². The van der Waals surface area contributed by atoms with Crippen molar-refractivity contribution in [1.29, 1.82) is 0 Å². The SMILES string of the molecule is CCOc1ccc(C2/C(=C(/O)c3ccc(OC)cc3)C(=O)C(=O)N2c2ncccn2)cc1. The number of ether oxygens (including phenoxy) is 2. The number of methoxy groups -OCH3 is 1. The molecule has 162 valence electrons. The number of benzene rings is 2. The summed E-state index contributed by atoms with van der Waals surface area (Å²) in [7, 11) is 1.53. The summed E-state index contributed by atoms with van der Waals surface area (Å²) < 4.78 is 10.7. The highest BCUT2D eigenvalue weighted by molar-refractivity contribution is 6.51. The molecular formula is C24H21N3O5. The van der Waals surface area contributed by atoms with Gasteiger partial charge in [0.25, 0.3) is 5.78 Å². The van der Waals surface area contributed by atoms with Crippen molar-refractivity contribution in [2.45, 2.75) is 13.0 Å². The minimum Gasteiger partial charge on any atom is -0.507 e. The summed E-state index contributed by atoms with van der Waals surface area (Å²) >= 11 is 0. The average Bonchev–Trinajstić information content (AvgIpc) is 3.10. The van der Waals surface area contributed by atoms with Crippen molar-refractivity contribution in [2.75, 3.05) is 18.6 Å². The summed E-state index contributed by atoms with van der Waals surface area (Å²) in [5, 5.41) is 11.1. The van der Waals surface area contributed by atoms with Gasteiger partial charge in [-0.25, -0.2) is 9.97 Å². The molecule has 0 saturated carbocycles. The Hall–Kier alpha value is -4.20. The van der Waals surface area contributed by atoms with Gasteiger partial charge >= 0.3 is 5.91 Å². The molecule has 32 heavy (non-hydrogen) atoms. The molecule has 1 aliphatic heterocycles. The Kier molecular flexibility index (Phi) is 5.85. The number of Topliss-reactive ketones (excluding diaryl/α,β-unsaturated/α-hetero) is 1. The van der Waals surface area contributed by atoms with Crippen molar-refractivity contribution in [3.63, 3.8) is 0 Å². The van der Waals surface area contributed by atoms with E-state index in [0.717, 1.165) is 0 Å². The third kappa shape index (κ3) is 3.78. The van der Waals surface area contributed by atoms with Gasteiger partial charge in [0.1, 0.15) is 17.3 Å². The zero-order valence-electron chi connectivity index (χ0n) is 17.6. The van der Waals surface area contributed by atoms with Crippen molar-refractivity contribution in [3.05, 3.63) is 83.7 Å². The Morgan fingerprint density at radius 2 is 1.62 bits per heavy atom. The Balaban J connectivity index is 1.88. The molecule has 2 aromatic carbocycles. The first-order valence-corrected chi connectivity index (χ1v) is 10.00. The highest BCUT2D eigenvalue weighted by Crippen LogP contribution is 2.41. The van der Waals surface area contributed by atoms with Crippen LogP contribution in [-0.2, 0) is 9.59 Å². The summed E-state index contributed by atoms with van der Waals surface area (Å²) in [4.78, 5) is 35.6. The molecule has 3 aromatic rings. The zero-order valence-corrected chi connectivity index (χ0v) is 17.6. The topological polar surface area (TPSA) is 102 Å². The number of hydrogen-bond acceptors (Lipinski definition) is 7. The van der Waals surface area contributed by atoms with E-state index in [1.807, 2.05) is 6.92 Å². The van der Waals surface area contributed by atoms with E-state index in [1.54, 1.807) is 54.6 Å². The number of aliphatic hydroxyl groups is 1. The summed E-state index contributed by atoms with van der Waals surface area (Å²) in [6.45, 7) is 2.39. The molecule has 0 spiro atoms. The van der Waals surface area contributed by atoms with Crippen LogP contribution in [0.1, 0.15) is 24.1 Å². The largest absolute Gasteiger partial charge is 0.507 e. The lowest BCUT2D eigenvalue weighted by molar-refractivity contribution is -0.132. The van der Waals surface area contributed by atoms with Crippen LogP contribution in [0.2, 0.25) is 0 Å². The fourth-order valence-electron chi connectivity index (χ4n) is 3.59. The van der Waals surface area contributed by atoms with E-state index in [-0.39, 0.29) is 17.3 Å². The van der Waals surface area contributed by atoms with Crippen LogP contribution in [0.3, 0.4) is 0 Å². The van der Waals surface area contributed by atoms with Crippen LogP contribution >= 0.6 is 0 Å². The second kappa shape index (κ2) is 8.89.